The first-order chi connectivity index (χ1) is 9.83. The first-order valence-electron chi connectivity index (χ1n) is 7.84. The zero-order valence-electron chi connectivity index (χ0n) is 12.2. The Morgan fingerprint density at radius 2 is 1.65 bits per heavy atom. The number of likely N-dealkylation sites (tertiary alicyclic amines) is 1. The highest BCUT2D eigenvalue weighted by Gasteiger charge is 2.41. The number of hydrogen-bond donors (Lipinski definition) is 0. The molecular formula is C15H23N5. The molecule has 20 heavy (non-hydrogen) atoms. The minimum Gasteiger partial charge on any atom is -0.354 e. The van der Waals surface area contributed by atoms with Crippen LogP contribution in [0.1, 0.15) is 19.3 Å². The Labute approximate surface area is 120 Å². The fourth-order valence-corrected chi connectivity index (χ4v) is 4.04. The molecule has 3 aliphatic heterocycles. The van der Waals surface area contributed by atoms with Crippen LogP contribution in [0.5, 0.6) is 0 Å². The Balaban J connectivity index is 1.60. The van der Waals surface area contributed by atoms with Gasteiger partial charge >= 0.3 is 0 Å². The van der Waals surface area contributed by atoms with Crippen LogP contribution in [0.2, 0.25) is 0 Å². The number of hydrogen-bond acceptors (Lipinski definition) is 5. The maximum absolute atomic E-state index is 4.66. The van der Waals surface area contributed by atoms with Crippen LogP contribution in [-0.2, 0) is 0 Å². The van der Waals surface area contributed by atoms with E-state index in [4.69, 9.17) is 0 Å². The molecule has 0 N–H and O–H groups in total. The molecule has 0 aliphatic carbocycles. The van der Waals surface area contributed by atoms with Crippen molar-refractivity contribution in [3.8, 4) is 0 Å². The van der Waals surface area contributed by atoms with Gasteiger partial charge in [0.15, 0.2) is 11.6 Å². The summed E-state index contributed by atoms with van der Waals surface area (Å²) in [4.78, 5) is 16.7. The van der Waals surface area contributed by atoms with Gasteiger partial charge < -0.3 is 14.7 Å². The summed E-state index contributed by atoms with van der Waals surface area (Å²) in [5.74, 6) is 3.03. The first kappa shape index (κ1) is 12.4. The Kier molecular flexibility index (Phi) is 3.02. The number of aromatic nitrogens is 2. The molecule has 0 bridgehead atoms. The summed E-state index contributed by atoms with van der Waals surface area (Å²) < 4.78 is 0. The van der Waals surface area contributed by atoms with Gasteiger partial charge in [0.1, 0.15) is 0 Å². The summed E-state index contributed by atoms with van der Waals surface area (Å²) in [6, 6.07) is 0.712. The van der Waals surface area contributed by atoms with Crippen LogP contribution in [0.4, 0.5) is 11.6 Å². The van der Waals surface area contributed by atoms with Crippen molar-refractivity contribution >= 4 is 11.6 Å². The predicted molar refractivity (Wildman–Crippen MR) is 80.2 cm³/mol. The van der Waals surface area contributed by atoms with Crippen molar-refractivity contribution in [3.63, 3.8) is 0 Å². The standard InChI is InChI=1S/C15H23N5/c1-18-9-4-12-10-20(11-13(12)18)15-14(16-5-6-17-15)19-7-2-3-8-19/h5-6,12-13H,2-4,7-11H2,1H3/t12-,13+/m1/s1. The van der Waals surface area contributed by atoms with Crippen molar-refractivity contribution < 1.29 is 0 Å². The lowest BCUT2D eigenvalue weighted by Gasteiger charge is -2.26. The smallest absolute Gasteiger partial charge is 0.172 e. The lowest BCUT2D eigenvalue weighted by atomic mass is 10.1. The van der Waals surface area contributed by atoms with Crippen LogP contribution < -0.4 is 9.80 Å². The summed E-state index contributed by atoms with van der Waals surface area (Å²) in [7, 11) is 2.26. The molecule has 5 nitrogen and oxygen atoms in total. The van der Waals surface area contributed by atoms with Crippen molar-refractivity contribution in [1.29, 1.82) is 0 Å². The van der Waals surface area contributed by atoms with E-state index in [1.807, 2.05) is 12.4 Å². The SMILES string of the molecule is CN1CC[C@@H]2CN(c3nccnc3N3CCCC3)C[C@@H]21. The summed E-state index contributed by atoms with van der Waals surface area (Å²) in [5, 5.41) is 0. The van der Waals surface area contributed by atoms with Crippen molar-refractivity contribution in [2.45, 2.75) is 25.3 Å². The van der Waals surface area contributed by atoms with Crippen LogP contribution in [0.15, 0.2) is 12.4 Å². The number of rotatable bonds is 2. The minimum atomic E-state index is 0.712. The molecule has 4 heterocycles. The van der Waals surface area contributed by atoms with Crippen molar-refractivity contribution in [2.75, 3.05) is 49.6 Å². The van der Waals surface area contributed by atoms with Crippen LogP contribution in [0.25, 0.3) is 0 Å². The third-order valence-electron chi connectivity index (χ3n) is 5.19. The zero-order valence-corrected chi connectivity index (χ0v) is 12.2. The lowest BCUT2D eigenvalue weighted by molar-refractivity contribution is 0.310. The normalized spacial score (nSPS) is 30.2. The van der Waals surface area contributed by atoms with Gasteiger partial charge in [-0.1, -0.05) is 0 Å². The molecule has 3 fully saturated rings. The van der Waals surface area contributed by atoms with Gasteiger partial charge in [-0.25, -0.2) is 9.97 Å². The van der Waals surface area contributed by atoms with Gasteiger partial charge in [0, 0.05) is 44.6 Å². The van der Waals surface area contributed by atoms with Gasteiger partial charge in [0.2, 0.25) is 0 Å². The fourth-order valence-electron chi connectivity index (χ4n) is 4.04. The molecule has 3 aliphatic rings. The maximum Gasteiger partial charge on any atom is 0.172 e. The second kappa shape index (κ2) is 4.88. The molecule has 5 heteroatoms. The minimum absolute atomic E-state index is 0.712. The number of nitrogens with zero attached hydrogens (tertiary/aromatic N) is 5. The fraction of sp³-hybridized carbons (Fsp3) is 0.733. The summed E-state index contributed by atoms with van der Waals surface area (Å²) in [6.45, 7) is 5.77. The van der Waals surface area contributed by atoms with Crippen molar-refractivity contribution in [2.24, 2.45) is 5.92 Å². The third-order valence-corrected chi connectivity index (χ3v) is 5.19. The van der Waals surface area contributed by atoms with E-state index in [9.17, 15) is 0 Å². The quantitative estimate of drug-likeness (QED) is 0.809. The molecule has 1 aromatic heterocycles. The largest absolute Gasteiger partial charge is 0.354 e. The van der Waals surface area contributed by atoms with E-state index < -0.39 is 0 Å². The molecule has 4 rings (SSSR count). The highest BCUT2D eigenvalue weighted by Crippen LogP contribution is 2.36. The number of fused-ring (bicyclic) bond motifs is 1. The second-order valence-corrected chi connectivity index (χ2v) is 6.40. The Hall–Kier alpha value is -1.36. The molecule has 108 valence electrons. The summed E-state index contributed by atoms with van der Waals surface area (Å²) in [6.07, 6.45) is 7.57. The summed E-state index contributed by atoms with van der Waals surface area (Å²) in [5.41, 5.74) is 0. The molecule has 0 aromatic carbocycles. The maximum atomic E-state index is 4.66. The van der Waals surface area contributed by atoms with Gasteiger partial charge in [-0.3, -0.25) is 0 Å². The molecule has 0 saturated carbocycles. The predicted octanol–water partition coefficient (Wildman–Crippen LogP) is 1.22. The van der Waals surface area contributed by atoms with E-state index in [1.165, 1.54) is 25.8 Å². The highest BCUT2D eigenvalue weighted by atomic mass is 15.3. The molecular weight excluding hydrogens is 250 g/mol. The topological polar surface area (TPSA) is 35.5 Å². The van der Waals surface area contributed by atoms with Crippen molar-refractivity contribution in [1.82, 2.24) is 14.9 Å². The second-order valence-electron chi connectivity index (χ2n) is 6.40. The van der Waals surface area contributed by atoms with Gasteiger partial charge in [0.05, 0.1) is 0 Å². The van der Waals surface area contributed by atoms with Gasteiger partial charge in [0.25, 0.3) is 0 Å². The van der Waals surface area contributed by atoms with E-state index in [1.54, 1.807) is 0 Å². The molecule has 3 saturated heterocycles. The molecule has 1 aromatic rings. The number of likely N-dealkylation sites (N-methyl/N-ethyl adjacent to an activating group) is 1. The molecule has 0 unspecified atom stereocenters. The monoisotopic (exact) mass is 273 g/mol. The Morgan fingerprint density at radius 3 is 2.35 bits per heavy atom. The van der Waals surface area contributed by atoms with Gasteiger partial charge in [-0.15, -0.1) is 0 Å². The van der Waals surface area contributed by atoms with Gasteiger partial charge in [-0.05, 0) is 38.8 Å². The Bertz CT molecular complexity index is 485. The van der Waals surface area contributed by atoms with E-state index >= 15 is 0 Å². The van der Waals surface area contributed by atoms with Crippen molar-refractivity contribution in [3.05, 3.63) is 12.4 Å². The summed E-state index contributed by atoms with van der Waals surface area (Å²) >= 11 is 0. The highest BCUT2D eigenvalue weighted by molar-refractivity contribution is 5.63. The Morgan fingerprint density at radius 1 is 0.950 bits per heavy atom. The van der Waals surface area contributed by atoms with Gasteiger partial charge in [-0.2, -0.15) is 0 Å². The van der Waals surface area contributed by atoms with Crippen LogP contribution >= 0.6 is 0 Å². The average Bonchev–Trinajstić information content (AvgIpc) is 3.18. The van der Waals surface area contributed by atoms with E-state index in [0.717, 1.165) is 43.7 Å². The lowest BCUT2D eigenvalue weighted by Crippen LogP contribution is -2.33. The molecule has 0 amide bonds. The van der Waals surface area contributed by atoms with Crippen LogP contribution in [0.3, 0.4) is 0 Å². The van der Waals surface area contributed by atoms with E-state index in [2.05, 4.69) is 31.7 Å². The first-order valence-corrected chi connectivity index (χ1v) is 7.84. The third kappa shape index (κ3) is 1.95. The van der Waals surface area contributed by atoms with E-state index in [-0.39, 0.29) is 0 Å². The molecule has 0 spiro atoms. The van der Waals surface area contributed by atoms with E-state index in [0.29, 0.717) is 6.04 Å². The number of anilines is 2. The zero-order chi connectivity index (χ0) is 13.5. The van der Waals surface area contributed by atoms with Crippen LogP contribution in [-0.4, -0.2) is 60.7 Å². The average molecular weight is 273 g/mol. The molecule has 0 radical (unpaired) electrons. The molecule has 2 atom stereocenters. The van der Waals surface area contributed by atoms with Crippen LogP contribution in [0, 0.1) is 5.92 Å².